The molecule has 4 aromatic carbocycles. The third-order valence-electron chi connectivity index (χ3n) is 5.25. The van der Waals surface area contributed by atoms with Gasteiger partial charge in [-0.15, -0.1) is 0 Å². The van der Waals surface area contributed by atoms with Crippen molar-refractivity contribution in [3.8, 4) is 0 Å². The van der Waals surface area contributed by atoms with Crippen molar-refractivity contribution in [2.45, 2.75) is 0 Å². The molecule has 1 aliphatic rings. The summed E-state index contributed by atoms with van der Waals surface area (Å²) < 4.78 is 0. The SMILES string of the molecule is O=C1/C(=C/c2ccccc2)C=C(c2ccc(Cl)cc2)N1c1cccc2ccccc12. The van der Waals surface area contributed by atoms with Crippen LogP contribution in [0.25, 0.3) is 22.5 Å². The predicted molar refractivity (Wildman–Crippen MR) is 125 cm³/mol. The molecule has 1 amide bonds. The van der Waals surface area contributed by atoms with Crippen LogP contribution < -0.4 is 4.90 Å². The maximum Gasteiger partial charge on any atom is 0.262 e. The number of amides is 1. The van der Waals surface area contributed by atoms with Crippen LogP contribution in [0, 0.1) is 0 Å². The van der Waals surface area contributed by atoms with Gasteiger partial charge in [0.25, 0.3) is 5.91 Å². The average Bonchev–Trinajstić information content (AvgIpc) is 3.10. The Morgan fingerprint density at radius 2 is 1.43 bits per heavy atom. The molecule has 5 rings (SSSR count). The first-order chi connectivity index (χ1) is 14.7. The Labute approximate surface area is 180 Å². The fraction of sp³-hybridized carbons (Fsp3) is 0. The first-order valence-electron chi connectivity index (χ1n) is 9.77. The van der Waals surface area contributed by atoms with Crippen LogP contribution >= 0.6 is 11.6 Å². The Morgan fingerprint density at radius 1 is 0.733 bits per heavy atom. The highest BCUT2D eigenvalue weighted by Gasteiger charge is 2.31. The molecule has 1 aliphatic heterocycles. The molecular weight excluding hydrogens is 390 g/mol. The number of hydrogen-bond donors (Lipinski definition) is 0. The Hall–Kier alpha value is -3.62. The molecule has 4 aromatic rings. The molecule has 30 heavy (non-hydrogen) atoms. The lowest BCUT2D eigenvalue weighted by Gasteiger charge is -2.22. The number of halogens is 1. The van der Waals surface area contributed by atoms with Crippen LogP contribution in [0.3, 0.4) is 0 Å². The molecule has 144 valence electrons. The third kappa shape index (κ3) is 3.32. The summed E-state index contributed by atoms with van der Waals surface area (Å²) in [5.74, 6) is -0.0415. The van der Waals surface area contributed by atoms with Crippen molar-refractivity contribution in [2.24, 2.45) is 0 Å². The summed E-state index contributed by atoms with van der Waals surface area (Å²) >= 11 is 6.10. The van der Waals surface area contributed by atoms with Gasteiger partial charge >= 0.3 is 0 Å². The van der Waals surface area contributed by atoms with E-state index in [2.05, 4.69) is 18.2 Å². The van der Waals surface area contributed by atoms with Crippen LogP contribution in [0.1, 0.15) is 11.1 Å². The van der Waals surface area contributed by atoms with Gasteiger partial charge in [0.15, 0.2) is 0 Å². The standard InChI is InChI=1S/C27H18ClNO/c28-23-15-13-21(14-16-23)26-18-22(17-19-7-2-1-3-8-19)27(30)29(26)25-12-6-10-20-9-4-5-11-24(20)25/h1-18H/b22-17+. The normalized spacial score (nSPS) is 15.1. The van der Waals surface area contributed by atoms with Crippen molar-refractivity contribution in [1.82, 2.24) is 0 Å². The number of nitrogens with zero attached hydrogens (tertiary/aromatic N) is 1. The molecular formula is C27H18ClNO. The van der Waals surface area contributed by atoms with Crippen LogP contribution in [-0.4, -0.2) is 5.91 Å². The lowest BCUT2D eigenvalue weighted by atomic mass is 10.1. The van der Waals surface area contributed by atoms with E-state index in [1.165, 1.54) is 0 Å². The molecule has 0 atom stereocenters. The summed E-state index contributed by atoms with van der Waals surface area (Å²) in [6.45, 7) is 0. The topological polar surface area (TPSA) is 20.3 Å². The number of carbonyl (C=O) groups is 1. The molecule has 0 radical (unpaired) electrons. The summed E-state index contributed by atoms with van der Waals surface area (Å²) in [4.78, 5) is 15.4. The Balaban J connectivity index is 1.70. The first kappa shape index (κ1) is 18.4. The molecule has 0 N–H and O–H groups in total. The van der Waals surface area contributed by atoms with E-state index in [0.717, 1.165) is 33.3 Å². The molecule has 0 aromatic heterocycles. The Kier molecular flexibility index (Phi) is 4.70. The van der Waals surface area contributed by atoms with Crippen molar-refractivity contribution in [2.75, 3.05) is 4.90 Å². The van der Waals surface area contributed by atoms with Gasteiger partial charge in [0.05, 0.1) is 11.4 Å². The predicted octanol–water partition coefficient (Wildman–Crippen LogP) is 6.96. The molecule has 0 spiro atoms. The van der Waals surface area contributed by atoms with E-state index >= 15 is 0 Å². The van der Waals surface area contributed by atoms with E-state index in [-0.39, 0.29) is 5.91 Å². The molecule has 0 saturated heterocycles. The first-order valence-corrected chi connectivity index (χ1v) is 10.2. The van der Waals surface area contributed by atoms with Gasteiger partial charge in [-0.3, -0.25) is 9.69 Å². The van der Waals surface area contributed by atoms with Gasteiger partial charge in [0.2, 0.25) is 0 Å². The molecule has 2 nitrogen and oxygen atoms in total. The number of anilines is 1. The van der Waals surface area contributed by atoms with Crippen molar-refractivity contribution in [3.05, 3.63) is 125 Å². The molecule has 1 heterocycles. The van der Waals surface area contributed by atoms with Gasteiger partial charge in [-0.05, 0) is 46.9 Å². The quantitative estimate of drug-likeness (QED) is 0.336. The lowest BCUT2D eigenvalue weighted by molar-refractivity contribution is -0.113. The minimum Gasteiger partial charge on any atom is -0.276 e. The van der Waals surface area contributed by atoms with E-state index in [1.807, 2.05) is 91.0 Å². The second-order valence-electron chi connectivity index (χ2n) is 7.19. The molecule has 3 heteroatoms. The van der Waals surface area contributed by atoms with E-state index < -0.39 is 0 Å². The van der Waals surface area contributed by atoms with Crippen LogP contribution in [0.5, 0.6) is 0 Å². The second-order valence-corrected chi connectivity index (χ2v) is 7.62. The minimum atomic E-state index is -0.0415. The Morgan fingerprint density at radius 3 is 2.23 bits per heavy atom. The van der Waals surface area contributed by atoms with Gasteiger partial charge in [-0.25, -0.2) is 0 Å². The summed E-state index contributed by atoms with van der Waals surface area (Å²) in [7, 11) is 0. The number of benzene rings is 4. The molecule has 0 aliphatic carbocycles. The van der Waals surface area contributed by atoms with E-state index in [9.17, 15) is 4.79 Å². The second kappa shape index (κ2) is 7.66. The van der Waals surface area contributed by atoms with E-state index in [4.69, 9.17) is 11.6 Å². The average molecular weight is 408 g/mol. The largest absolute Gasteiger partial charge is 0.276 e. The van der Waals surface area contributed by atoms with Crippen LogP contribution in [-0.2, 0) is 4.79 Å². The van der Waals surface area contributed by atoms with Gasteiger partial charge in [0.1, 0.15) is 0 Å². The maximum absolute atomic E-state index is 13.6. The van der Waals surface area contributed by atoms with Crippen molar-refractivity contribution in [1.29, 1.82) is 0 Å². The van der Waals surface area contributed by atoms with Crippen molar-refractivity contribution in [3.63, 3.8) is 0 Å². The van der Waals surface area contributed by atoms with E-state index in [0.29, 0.717) is 10.6 Å². The highest BCUT2D eigenvalue weighted by molar-refractivity contribution is 6.30. The van der Waals surface area contributed by atoms with Crippen LogP contribution in [0.4, 0.5) is 5.69 Å². The number of rotatable bonds is 3. The smallest absolute Gasteiger partial charge is 0.262 e. The van der Waals surface area contributed by atoms with Crippen molar-refractivity contribution >= 4 is 45.7 Å². The monoisotopic (exact) mass is 407 g/mol. The minimum absolute atomic E-state index is 0.0415. The van der Waals surface area contributed by atoms with Crippen LogP contribution in [0.2, 0.25) is 5.02 Å². The zero-order chi connectivity index (χ0) is 20.5. The van der Waals surface area contributed by atoms with Crippen LogP contribution in [0.15, 0.2) is 109 Å². The number of fused-ring (bicyclic) bond motifs is 1. The van der Waals surface area contributed by atoms with Gasteiger partial charge < -0.3 is 0 Å². The molecule has 0 unspecified atom stereocenters. The van der Waals surface area contributed by atoms with Gasteiger partial charge in [-0.1, -0.05) is 90.5 Å². The number of hydrogen-bond acceptors (Lipinski definition) is 1. The summed E-state index contributed by atoms with van der Waals surface area (Å²) in [5, 5.41) is 2.80. The summed E-state index contributed by atoms with van der Waals surface area (Å²) in [5.41, 5.74) is 4.30. The summed E-state index contributed by atoms with van der Waals surface area (Å²) in [6.07, 6.45) is 3.89. The van der Waals surface area contributed by atoms with Gasteiger partial charge in [0, 0.05) is 16.0 Å². The fourth-order valence-electron chi connectivity index (χ4n) is 3.82. The molecule has 0 bridgehead atoms. The Bertz CT molecular complexity index is 1300. The molecule has 0 saturated carbocycles. The lowest BCUT2D eigenvalue weighted by Crippen LogP contribution is -2.25. The number of carbonyl (C=O) groups excluding carboxylic acids is 1. The summed E-state index contributed by atoms with van der Waals surface area (Å²) in [6, 6.07) is 31.7. The third-order valence-corrected chi connectivity index (χ3v) is 5.50. The zero-order valence-corrected chi connectivity index (χ0v) is 16.9. The zero-order valence-electron chi connectivity index (χ0n) is 16.1. The maximum atomic E-state index is 13.6. The fourth-order valence-corrected chi connectivity index (χ4v) is 3.95. The van der Waals surface area contributed by atoms with Gasteiger partial charge in [-0.2, -0.15) is 0 Å². The molecule has 0 fully saturated rings. The van der Waals surface area contributed by atoms with Crippen molar-refractivity contribution < 1.29 is 4.79 Å². The highest BCUT2D eigenvalue weighted by atomic mass is 35.5. The van der Waals surface area contributed by atoms with E-state index in [1.54, 1.807) is 4.90 Å². The highest BCUT2D eigenvalue weighted by Crippen LogP contribution is 2.38.